The van der Waals surface area contributed by atoms with Crippen molar-refractivity contribution in [3.8, 4) is 56.7 Å². The minimum atomic E-state index is 0.620. The molecule has 4 heterocycles. The van der Waals surface area contributed by atoms with E-state index in [9.17, 15) is 0 Å². The van der Waals surface area contributed by atoms with E-state index in [-0.39, 0.29) is 0 Å². The van der Waals surface area contributed by atoms with Crippen molar-refractivity contribution in [1.29, 1.82) is 0 Å². The van der Waals surface area contributed by atoms with Crippen molar-refractivity contribution in [2.75, 3.05) is 0 Å². The Labute approximate surface area is 439 Å². The molecule has 17 rings (SSSR count). The Morgan fingerprint density at radius 1 is 0.316 bits per heavy atom. The van der Waals surface area contributed by atoms with Crippen LogP contribution in [-0.2, 0) is 6.42 Å². The number of rotatable bonds is 5. The molecule has 0 radical (unpaired) electrons. The largest absolute Gasteiger partial charge is 0.309 e. The zero-order valence-electron chi connectivity index (χ0n) is 40.9. The van der Waals surface area contributed by atoms with Crippen molar-refractivity contribution in [3.05, 3.63) is 248 Å². The molecule has 0 saturated heterocycles. The first kappa shape index (κ1) is 41.7. The molecule has 0 amide bonds. The van der Waals surface area contributed by atoms with Crippen LogP contribution in [0.15, 0.2) is 237 Å². The standard InChI is InChI=1S/C70H41N5S/c1-2-19-49(20-3-1)74-61-24-12-10-22-52(61)57-34-46(28-31-62(57)74)68-71-69(47-27-30-54-53-23-11-13-25-66(53)76-67(54)39-47)73-70(72-68)60-36-48-35-56-50-21-9-8-14-41(50)26-29-51(56)55(48)40-65(60)75-63-37-44-17-6-4-15-42(44)32-58(63)59-33-43-16-5-7-18-45(43)38-64(59)75/h1-34,36-40H,35H2. The van der Waals surface area contributed by atoms with Gasteiger partial charge in [0.1, 0.15) is 0 Å². The normalized spacial score (nSPS) is 12.4. The van der Waals surface area contributed by atoms with E-state index in [1.807, 2.05) is 11.3 Å². The molecule has 0 bridgehead atoms. The van der Waals surface area contributed by atoms with Gasteiger partial charge in [-0.05, 0) is 146 Å². The lowest BCUT2D eigenvalue weighted by molar-refractivity contribution is 1.06. The average molecular weight is 984 g/mol. The molecule has 0 aliphatic heterocycles. The maximum Gasteiger partial charge on any atom is 0.166 e. The van der Waals surface area contributed by atoms with Gasteiger partial charge in [-0.2, -0.15) is 0 Å². The number of aromatic nitrogens is 5. The van der Waals surface area contributed by atoms with Crippen molar-refractivity contribution < 1.29 is 0 Å². The van der Waals surface area contributed by atoms with Gasteiger partial charge in [-0.1, -0.05) is 152 Å². The van der Waals surface area contributed by atoms with Crippen LogP contribution in [0.3, 0.4) is 0 Å². The quantitative estimate of drug-likeness (QED) is 0.173. The van der Waals surface area contributed by atoms with Crippen molar-refractivity contribution >= 4 is 107 Å². The molecule has 12 aromatic carbocycles. The van der Waals surface area contributed by atoms with E-state index in [4.69, 9.17) is 15.0 Å². The summed E-state index contributed by atoms with van der Waals surface area (Å²) in [5.74, 6) is 1.87. The SMILES string of the molecule is c1ccc(-n2c3ccccc3c3cc(-c4nc(-c5ccc6c(c5)sc5ccccc56)nc(-c5cc6c(cc5-n5c7cc8ccccc8cc7c7cc8ccccc8cc75)-c5ccc7ccccc7c5C6)n4)ccc32)cc1. The van der Waals surface area contributed by atoms with Crippen LogP contribution in [0.5, 0.6) is 0 Å². The molecule has 352 valence electrons. The number of thiophene rings is 1. The van der Waals surface area contributed by atoms with Crippen molar-refractivity contribution in [1.82, 2.24) is 24.1 Å². The van der Waals surface area contributed by atoms with Crippen LogP contribution in [0, 0.1) is 0 Å². The third-order valence-corrected chi connectivity index (χ3v) is 17.3. The van der Waals surface area contributed by atoms with Crippen molar-refractivity contribution in [3.63, 3.8) is 0 Å². The molecule has 6 heteroatoms. The molecule has 1 aliphatic carbocycles. The summed E-state index contributed by atoms with van der Waals surface area (Å²) in [5, 5.41) is 14.6. The van der Waals surface area contributed by atoms with Gasteiger partial charge in [-0.3, -0.25) is 0 Å². The summed E-state index contributed by atoms with van der Waals surface area (Å²) in [6.45, 7) is 0. The Bertz CT molecular complexity index is 5060. The molecule has 16 aromatic rings. The van der Waals surface area contributed by atoms with Crippen LogP contribution in [0.1, 0.15) is 11.1 Å². The molecule has 0 unspecified atom stereocenters. The number of fused-ring (bicyclic) bond motifs is 16. The van der Waals surface area contributed by atoms with Gasteiger partial charge < -0.3 is 9.13 Å². The highest BCUT2D eigenvalue weighted by molar-refractivity contribution is 7.25. The second-order valence-electron chi connectivity index (χ2n) is 20.3. The van der Waals surface area contributed by atoms with E-state index in [1.54, 1.807) is 0 Å². The van der Waals surface area contributed by atoms with Gasteiger partial charge in [0.25, 0.3) is 0 Å². The average Bonchev–Trinajstić information content (AvgIpc) is 4.30. The number of hydrogen-bond acceptors (Lipinski definition) is 4. The predicted octanol–water partition coefficient (Wildman–Crippen LogP) is 18.5. The second kappa shape index (κ2) is 15.9. The van der Waals surface area contributed by atoms with Crippen LogP contribution < -0.4 is 0 Å². The zero-order valence-corrected chi connectivity index (χ0v) is 41.7. The molecular formula is C70H41N5S. The molecule has 0 spiro atoms. The number of hydrogen-bond donors (Lipinski definition) is 0. The van der Waals surface area contributed by atoms with Gasteiger partial charge >= 0.3 is 0 Å². The summed E-state index contributed by atoms with van der Waals surface area (Å²) >= 11 is 1.81. The van der Waals surface area contributed by atoms with Gasteiger partial charge in [0.05, 0.1) is 27.8 Å². The smallest absolute Gasteiger partial charge is 0.166 e. The fourth-order valence-corrected chi connectivity index (χ4v) is 13.7. The molecule has 76 heavy (non-hydrogen) atoms. The first-order valence-corrected chi connectivity index (χ1v) is 26.8. The van der Waals surface area contributed by atoms with Crippen LogP contribution in [0.4, 0.5) is 0 Å². The summed E-state index contributed by atoms with van der Waals surface area (Å²) in [7, 11) is 0. The summed E-state index contributed by atoms with van der Waals surface area (Å²) in [6.07, 6.45) is 0.803. The summed E-state index contributed by atoms with van der Waals surface area (Å²) in [4.78, 5) is 16.8. The minimum Gasteiger partial charge on any atom is -0.309 e. The van der Waals surface area contributed by atoms with Gasteiger partial charge in [0, 0.05) is 64.1 Å². The Balaban J connectivity index is 0.971. The molecule has 0 atom stereocenters. The van der Waals surface area contributed by atoms with Crippen LogP contribution in [0.2, 0.25) is 0 Å². The molecular weight excluding hydrogens is 943 g/mol. The van der Waals surface area contributed by atoms with Gasteiger partial charge in [-0.25, -0.2) is 15.0 Å². The van der Waals surface area contributed by atoms with Gasteiger partial charge in [-0.15, -0.1) is 11.3 Å². The molecule has 4 aromatic heterocycles. The Kier molecular flexibility index (Phi) is 8.71. The lowest BCUT2D eigenvalue weighted by atomic mass is 9.98. The summed E-state index contributed by atoms with van der Waals surface area (Å²) in [5.41, 5.74) is 14.6. The van der Waals surface area contributed by atoms with E-state index in [1.165, 1.54) is 90.9 Å². The van der Waals surface area contributed by atoms with Crippen LogP contribution in [0.25, 0.3) is 153 Å². The first-order chi connectivity index (χ1) is 37.6. The topological polar surface area (TPSA) is 48.5 Å². The summed E-state index contributed by atoms with van der Waals surface area (Å²) in [6, 6.07) is 86.6. The van der Waals surface area contributed by atoms with E-state index in [0.29, 0.717) is 17.5 Å². The molecule has 5 nitrogen and oxygen atoms in total. The Hall–Kier alpha value is -9.75. The molecule has 1 aliphatic rings. The molecule has 0 saturated carbocycles. The third kappa shape index (κ3) is 6.16. The Morgan fingerprint density at radius 3 is 1.63 bits per heavy atom. The fraction of sp³-hybridized carbons (Fsp3) is 0.0143. The highest BCUT2D eigenvalue weighted by Crippen LogP contribution is 2.47. The second-order valence-corrected chi connectivity index (χ2v) is 21.4. The van der Waals surface area contributed by atoms with Crippen LogP contribution >= 0.6 is 11.3 Å². The van der Waals surface area contributed by atoms with Crippen molar-refractivity contribution in [2.45, 2.75) is 6.42 Å². The number of benzene rings is 12. The van der Waals surface area contributed by atoms with Crippen LogP contribution in [-0.4, -0.2) is 24.1 Å². The minimum absolute atomic E-state index is 0.620. The maximum atomic E-state index is 5.66. The molecule has 0 fully saturated rings. The third-order valence-electron chi connectivity index (χ3n) is 16.1. The van der Waals surface area contributed by atoms with Crippen molar-refractivity contribution in [2.24, 2.45) is 0 Å². The highest BCUT2D eigenvalue weighted by atomic mass is 32.1. The Morgan fingerprint density at radius 2 is 0.882 bits per heavy atom. The lowest BCUT2D eigenvalue weighted by Crippen LogP contribution is -2.05. The van der Waals surface area contributed by atoms with Gasteiger partial charge in [0.2, 0.25) is 0 Å². The summed E-state index contributed by atoms with van der Waals surface area (Å²) < 4.78 is 7.31. The lowest BCUT2D eigenvalue weighted by Gasteiger charge is -2.17. The van der Waals surface area contributed by atoms with Gasteiger partial charge in [0.15, 0.2) is 17.5 Å². The monoisotopic (exact) mass is 983 g/mol. The predicted molar refractivity (Wildman–Crippen MR) is 318 cm³/mol. The number of nitrogens with zero attached hydrogens (tertiary/aromatic N) is 5. The zero-order chi connectivity index (χ0) is 49.6. The number of para-hydroxylation sites is 2. The molecule has 0 N–H and O–H groups in total. The fourth-order valence-electron chi connectivity index (χ4n) is 12.6. The van der Waals surface area contributed by atoms with E-state index >= 15 is 0 Å². The van der Waals surface area contributed by atoms with E-state index in [2.05, 4.69) is 246 Å². The maximum absolute atomic E-state index is 5.66. The highest BCUT2D eigenvalue weighted by Gasteiger charge is 2.28. The van der Waals surface area contributed by atoms with E-state index < -0.39 is 0 Å². The first-order valence-electron chi connectivity index (χ1n) is 25.9. The van der Waals surface area contributed by atoms with E-state index in [0.717, 1.165) is 61.9 Å².